The minimum atomic E-state index is -0.770. The summed E-state index contributed by atoms with van der Waals surface area (Å²) in [5.41, 5.74) is 0. The molecule has 0 aromatic heterocycles. The van der Waals surface area contributed by atoms with Crippen molar-refractivity contribution in [2.45, 2.75) is 393 Å². The molecule has 6 nitrogen and oxygen atoms in total. The average molecular weight is 1070 g/mol. The number of rotatable bonds is 64. The van der Waals surface area contributed by atoms with Crippen LogP contribution in [0.25, 0.3) is 0 Å². The van der Waals surface area contributed by atoms with Crippen LogP contribution in [0.4, 0.5) is 0 Å². The molecule has 0 amide bonds. The zero-order valence-corrected chi connectivity index (χ0v) is 51.6. The van der Waals surface area contributed by atoms with Gasteiger partial charge in [-0.15, -0.1) is 0 Å². The molecule has 0 rings (SSSR count). The zero-order valence-electron chi connectivity index (χ0n) is 51.6. The van der Waals surface area contributed by atoms with E-state index in [0.717, 1.165) is 57.8 Å². The molecule has 448 valence electrons. The quantitative estimate of drug-likeness (QED) is 0.0261. The Bertz CT molecular complexity index is 1230. The Hall–Kier alpha value is -2.11. The van der Waals surface area contributed by atoms with E-state index in [1.54, 1.807) is 0 Å². The summed E-state index contributed by atoms with van der Waals surface area (Å²) in [6.07, 6.45) is 79.1. The second-order valence-corrected chi connectivity index (χ2v) is 23.4. The Kier molecular flexibility index (Phi) is 63.6. The van der Waals surface area contributed by atoms with Gasteiger partial charge in [-0.3, -0.25) is 14.4 Å². The lowest BCUT2D eigenvalue weighted by Crippen LogP contribution is -2.30. The Morgan fingerprint density at radius 1 is 0.250 bits per heavy atom. The largest absolute Gasteiger partial charge is 0.462 e. The van der Waals surface area contributed by atoms with Gasteiger partial charge in [0.05, 0.1) is 0 Å². The Labute approximate surface area is 474 Å². The van der Waals surface area contributed by atoms with Gasteiger partial charge >= 0.3 is 17.9 Å². The van der Waals surface area contributed by atoms with Crippen LogP contribution >= 0.6 is 0 Å². The van der Waals surface area contributed by atoms with Gasteiger partial charge in [-0.25, -0.2) is 0 Å². The van der Waals surface area contributed by atoms with Crippen molar-refractivity contribution in [2.75, 3.05) is 13.2 Å². The summed E-state index contributed by atoms with van der Waals surface area (Å²) in [6, 6.07) is 0. The Morgan fingerprint density at radius 3 is 0.658 bits per heavy atom. The molecule has 0 aromatic rings. The van der Waals surface area contributed by atoms with Crippen molar-refractivity contribution in [3.8, 4) is 0 Å². The third-order valence-corrected chi connectivity index (χ3v) is 15.7. The van der Waals surface area contributed by atoms with E-state index >= 15 is 0 Å². The first-order chi connectivity index (χ1) is 37.5. The molecule has 6 heteroatoms. The van der Waals surface area contributed by atoms with Gasteiger partial charge in [-0.1, -0.05) is 321 Å². The second kappa shape index (κ2) is 65.4. The average Bonchev–Trinajstić information content (AvgIpc) is 3.42. The minimum Gasteiger partial charge on any atom is -0.462 e. The topological polar surface area (TPSA) is 78.9 Å². The maximum Gasteiger partial charge on any atom is 0.306 e. The fourth-order valence-corrected chi connectivity index (χ4v) is 10.5. The van der Waals surface area contributed by atoms with Gasteiger partial charge in [0.1, 0.15) is 13.2 Å². The van der Waals surface area contributed by atoms with Crippen molar-refractivity contribution in [1.29, 1.82) is 0 Å². The van der Waals surface area contributed by atoms with E-state index in [1.165, 1.54) is 289 Å². The predicted molar refractivity (Wildman–Crippen MR) is 330 cm³/mol. The summed E-state index contributed by atoms with van der Waals surface area (Å²) < 4.78 is 17.0. The third kappa shape index (κ3) is 62.7. The smallest absolute Gasteiger partial charge is 0.306 e. The highest BCUT2D eigenvalue weighted by Gasteiger charge is 2.19. The zero-order chi connectivity index (χ0) is 55.0. The maximum atomic E-state index is 12.9. The Morgan fingerprint density at radius 2 is 0.434 bits per heavy atom. The van der Waals surface area contributed by atoms with Gasteiger partial charge in [0.25, 0.3) is 0 Å². The van der Waals surface area contributed by atoms with E-state index in [-0.39, 0.29) is 31.1 Å². The summed E-state index contributed by atoms with van der Waals surface area (Å²) in [6.45, 7) is 6.71. The normalized spacial score (nSPS) is 12.1. The number of unbranched alkanes of at least 4 members (excludes halogenated alkanes) is 49. The van der Waals surface area contributed by atoms with Crippen molar-refractivity contribution in [3.05, 3.63) is 24.3 Å². The van der Waals surface area contributed by atoms with E-state index in [4.69, 9.17) is 14.2 Å². The third-order valence-electron chi connectivity index (χ3n) is 15.7. The molecule has 0 fully saturated rings. The van der Waals surface area contributed by atoms with Gasteiger partial charge in [-0.05, 0) is 70.6 Å². The Balaban J connectivity index is 4.29. The van der Waals surface area contributed by atoms with E-state index in [0.29, 0.717) is 19.3 Å². The molecule has 0 saturated carbocycles. The van der Waals surface area contributed by atoms with Crippen LogP contribution in [0.3, 0.4) is 0 Å². The summed E-state index contributed by atoms with van der Waals surface area (Å²) in [7, 11) is 0. The maximum absolute atomic E-state index is 12.9. The molecule has 0 aliphatic carbocycles. The number of hydrogen-bond donors (Lipinski definition) is 0. The van der Waals surface area contributed by atoms with E-state index in [9.17, 15) is 14.4 Å². The van der Waals surface area contributed by atoms with Crippen LogP contribution in [-0.2, 0) is 28.6 Å². The highest BCUT2D eigenvalue weighted by molar-refractivity contribution is 5.71. The monoisotopic (exact) mass is 1070 g/mol. The SMILES string of the molecule is CCCCCCCC/C=C\CCCCCCCCCCCC(=O)OC(COC(=O)CCCCCCCCCCCCC/C=C\CCCCCCCCCC)COC(=O)CCCCCCCCCCCCCCCCCC. The molecule has 1 atom stereocenters. The van der Waals surface area contributed by atoms with Crippen molar-refractivity contribution >= 4 is 17.9 Å². The number of carbonyl (C=O) groups is 3. The first-order valence-electron chi connectivity index (χ1n) is 34.3. The molecule has 0 aromatic carbocycles. The highest BCUT2D eigenvalue weighted by atomic mass is 16.6. The molecule has 0 heterocycles. The number of esters is 3. The first-order valence-corrected chi connectivity index (χ1v) is 34.3. The van der Waals surface area contributed by atoms with Crippen molar-refractivity contribution in [3.63, 3.8) is 0 Å². The lowest BCUT2D eigenvalue weighted by atomic mass is 10.0. The molecule has 0 N–H and O–H groups in total. The van der Waals surface area contributed by atoms with Crippen LogP contribution in [0, 0.1) is 0 Å². The summed E-state index contributed by atoms with van der Waals surface area (Å²) >= 11 is 0. The van der Waals surface area contributed by atoms with Crippen molar-refractivity contribution in [1.82, 2.24) is 0 Å². The van der Waals surface area contributed by atoms with Crippen LogP contribution in [0.15, 0.2) is 24.3 Å². The van der Waals surface area contributed by atoms with Gasteiger partial charge in [0, 0.05) is 19.3 Å². The van der Waals surface area contributed by atoms with E-state index in [2.05, 4.69) is 45.1 Å². The predicted octanol–water partition coefficient (Wildman–Crippen LogP) is 23.4. The van der Waals surface area contributed by atoms with Gasteiger partial charge < -0.3 is 14.2 Å². The van der Waals surface area contributed by atoms with Crippen LogP contribution in [0.5, 0.6) is 0 Å². The van der Waals surface area contributed by atoms with Crippen molar-refractivity contribution in [2.24, 2.45) is 0 Å². The lowest BCUT2D eigenvalue weighted by Gasteiger charge is -2.18. The summed E-state index contributed by atoms with van der Waals surface area (Å²) in [5.74, 6) is -0.839. The first kappa shape index (κ1) is 73.9. The number of allylic oxidation sites excluding steroid dienone is 4. The van der Waals surface area contributed by atoms with E-state index in [1.807, 2.05) is 0 Å². The van der Waals surface area contributed by atoms with E-state index < -0.39 is 6.10 Å². The number of hydrogen-bond acceptors (Lipinski definition) is 6. The number of carbonyl (C=O) groups excluding carboxylic acids is 3. The summed E-state index contributed by atoms with van der Waals surface area (Å²) in [5, 5.41) is 0. The molecule has 1 unspecified atom stereocenters. The molecular weight excluding hydrogens is 937 g/mol. The molecule has 0 saturated heterocycles. The van der Waals surface area contributed by atoms with Gasteiger partial charge in [-0.2, -0.15) is 0 Å². The molecule has 0 bridgehead atoms. The molecule has 0 aliphatic rings. The molecular formula is C70H132O6. The second-order valence-electron chi connectivity index (χ2n) is 23.4. The van der Waals surface area contributed by atoms with Crippen LogP contribution in [0.2, 0.25) is 0 Å². The van der Waals surface area contributed by atoms with Crippen molar-refractivity contribution < 1.29 is 28.6 Å². The molecule has 0 aliphatic heterocycles. The molecule has 76 heavy (non-hydrogen) atoms. The summed E-state index contributed by atoms with van der Waals surface area (Å²) in [4.78, 5) is 38.4. The van der Waals surface area contributed by atoms with Gasteiger partial charge in [0.2, 0.25) is 0 Å². The lowest BCUT2D eigenvalue weighted by molar-refractivity contribution is -0.167. The minimum absolute atomic E-state index is 0.0665. The fraction of sp³-hybridized carbons (Fsp3) is 0.900. The van der Waals surface area contributed by atoms with Gasteiger partial charge in [0.15, 0.2) is 6.10 Å². The molecule has 0 spiro atoms. The number of ether oxygens (including phenoxy) is 3. The molecule has 0 radical (unpaired) electrons. The van der Waals surface area contributed by atoms with Crippen LogP contribution in [-0.4, -0.2) is 37.2 Å². The standard InChI is InChI=1S/C70H132O6/c1-4-7-10-13-16-19-22-25-28-31-33-34-35-36-38-39-42-45-48-51-54-57-60-63-69(72)75-66-67(65-74-68(71)62-59-56-53-50-47-44-41-30-27-24-21-18-15-12-9-6-3)76-70(73)64-61-58-55-52-49-46-43-40-37-32-29-26-23-20-17-14-11-8-5-2/h26,29,31,33,67H,4-25,27-28,30,32,34-66H2,1-3H3/b29-26-,33-31-. The fourth-order valence-electron chi connectivity index (χ4n) is 10.5. The van der Waals surface area contributed by atoms with Crippen LogP contribution in [0.1, 0.15) is 387 Å². The highest BCUT2D eigenvalue weighted by Crippen LogP contribution is 2.18. The van der Waals surface area contributed by atoms with Crippen LogP contribution < -0.4 is 0 Å².